The van der Waals surface area contributed by atoms with Crippen LogP contribution in [0.1, 0.15) is 6.42 Å². The van der Waals surface area contributed by atoms with E-state index >= 15 is 0 Å². The van der Waals surface area contributed by atoms with Crippen molar-refractivity contribution >= 4 is 33.2 Å². The first kappa shape index (κ1) is 20.6. The number of nitrogens with zero attached hydrogens (tertiary/aromatic N) is 3. The molecule has 3 rings (SSSR count). The van der Waals surface area contributed by atoms with E-state index < -0.39 is 4.92 Å². The third-order valence-corrected chi connectivity index (χ3v) is 4.66. The van der Waals surface area contributed by atoms with Crippen LogP contribution in [-0.4, -0.2) is 61.2 Å². The number of ether oxygens (including phenoxy) is 2. The molecule has 0 bridgehead atoms. The monoisotopic (exact) mass is 401 g/mol. The Labute approximate surface area is 168 Å². The van der Waals surface area contributed by atoms with E-state index in [0.29, 0.717) is 47.4 Å². The summed E-state index contributed by atoms with van der Waals surface area (Å²) in [6, 6.07) is 8.92. The van der Waals surface area contributed by atoms with Crippen LogP contribution in [-0.2, 0) is 0 Å². The van der Waals surface area contributed by atoms with Crippen molar-refractivity contribution in [2.24, 2.45) is 0 Å². The number of anilines is 1. The highest BCUT2D eigenvalue weighted by Crippen LogP contribution is 2.45. The summed E-state index contributed by atoms with van der Waals surface area (Å²) in [5.74, 6) is 0.497. The lowest BCUT2D eigenvalue weighted by Crippen LogP contribution is -2.36. The van der Waals surface area contributed by atoms with Gasteiger partial charge in [-0.2, -0.15) is 4.65 Å². The fourth-order valence-corrected chi connectivity index (χ4v) is 3.36. The molecule has 0 unspecified atom stereocenters. The minimum atomic E-state index is -0.462. The van der Waals surface area contributed by atoms with Crippen LogP contribution in [0.25, 0.3) is 21.8 Å². The van der Waals surface area contributed by atoms with Crippen LogP contribution in [0, 0.1) is 10.1 Å². The summed E-state index contributed by atoms with van der Waals surface area (Å²) >= 11 is 0. The number of hydrogen-bond donors (Lipinski definition) is 2. The molecule has 9 nitrogen and oxygen atoms in total. The fraction of sp³-hybridized carbons (Fsp3) is 0.350. The molecule has 0 atom stereocenters. The summed E-state index contributed by atoms with van der Waals surface area (Å²) in [5, 5.41) is 26.2. The molecule has 29 heavy (non-hydrogen) atoms. The molecule has 0 saturated carbocycles. The van der Waals surface area contributed by atoms with Crippen molar-refractivity contribution in [3.05, 3.63) is 40.4 Å². The van der Waals surface area contributed by atoms with Gasteiger partial charge in [-0.15, -0.1) is 0 Å². The van der Waals surface area contributed by atoms with E-state index in [1.165, 1.54) is 20.3 Å². The Morgan fingerprint density at radius 3 is 2.52 bits per heavy atom. The first-order valence-electron chi connectivity index (χ1n) is 9.18. The highest BCUT2D eigenvalue weighted by Gasteiger charge is 2.27. The molecule has 9 heteroatoms. The van der Waals surface area contributed by atoms with Crippen LogP contribution >= 0.6 is 0 Å². The van der Waals surface area contributed by atoms with Gasteiger partial charge in [-0.1, -0.05) is 18.2 Å². The van der Waals surface area contributed by atoms with E-state index in [2.05, 4.69) is 10.3 Å². The number of benzene rings is 2. The minimum absolute atomic E-state index is 0.104. The molecule has 154 valence electrons. The smallest absolute Gasteiger partial charge is 0.322 e. The van der Waals surface area contributed by atoms with E-state index in [-0.39, 0.29) is 16.1 Å². The molecule has 0 aliphatic heterocycles. The lowest BCUT2D eigenvalue weighted by molar-refractivity contribution is -1.07. The third kappa shape index (κ3) is 4.15. The van der Waals surface area contributed by atoms with Gasteiger partial charge in [0.1, 0.15) is 23.2 Å². The van der Waals surface area contributed by atoms with Crippen LogP contribution in [0.15, 0.2) is 30.3 Å². The van der Waals surface area contributed by atoms with E-state index in [4.69, 9.17) is 9.47 Å². The zero-order chi connectivity index (χ0) is 21.2. The Morgan fingerprint density at radius 2 is 1.90 bits per heavy atom. The van der Waals surface area contributed by atoms with Gasteiger partial charge in [-0.3, -0.25) is 10.1 Å². The number of rotatable bonds is 8. The number of hydroxylamine groups is 3. The number of hydrogen-bond acceptors (Lipinski definition) is 7. The second-order valence-corrected chi connectivity index (χ2v) is 7.24. The SMILES string of the molecule is COc1cc(OC)c2nc3ccccc3c(NCCC[N+](C)(C)O)c2c1[N+](=O)[O-]. The average Bonchev–Trinajstić information content (AvgIpc) is 2.68. The predicted molar refractivity (Wildman–Crippen MR) is 111 cm³/mol. The molecular formula is C20H25N4O5+. The zero-order valence-corrected chi connectivity index (χ0v) is 16.9. The van der Waals surface area contributed by atoms with E-state index in [1.807, 2.05) is 24.3 Å². The summed E-state index contributed by atoms with van der Waals surface area (Å²) in [5.41, 5.74) is 1.51. The molecule has 1 heterocycles. The zero-order valence-electron chi connectivity index (χ0n) is 16.9. The quantitative estimate of drug-likeness (QED) is 0.195. The molecule has 0 aliphatic carbocycles. The maximum atomic E-state index is 11.9. The van der Waals surface area contributed by atoms with Crippen LogP contribution in [0.2, 0.25) is 0 Å². The molecule has 0 amide bonds. The Balaban J connectivity index is 2.27. The van der Waals surface area contributed by atoms with Crippen molar-refractivity contribution in [2.45, 2.75) is 6.42 Å². The van der Waals surface area contributed by atoms with Gasteiger partial charge < -0.3 is 14.8 Å². The first-order valence-corrected chi connectivity index (χ1v) is 9.18. The first-order chi connectivity index (χ1) is 13.8. The second kappa shape index (κ2) is 8.06. The van der Waals surface area contributed by atoms with Crippen molar-refractivity contribution in [1.82, 2.24) is 4.98 Å². The average molecular weight is 401 g/mol. The van der Waals surface area contributed by atoms with Crippen LogP contribution in [0.5, 0.6) is 11.5 Å². The standard InChI is InChI=1S/C20H25N4O5/c1-24(2,27)11-7-10-21-18-13-8-5-6-9-14(13)22-19-15(28-3)12-16(29-4)20(17(18)19)23(25)26/h5-6,8-9,12,27H,7,10-11H2,1-4H3,(H,21,22)/q+1. The summed E-state index contributed by atoms with van der Waals surface area (Å²) in [4.78, 5) is 16.1. The summed E-state index contributed by atoms with van der Waals surface area (Å²) in [6.45, 7) is 1.05. The number of nitro groups is 1. The summed E-state index contributed by atoms with van der Waals surface area (Å²) in [7, 11) is 6.26. The molecular weight excluding hydrogens is 376 g/mol. The van der Waals surface area contributed by atoms with E-state index in [1.54, 1.807) is 14.1 Å². The maximum absolute atomic E-state index is 11.9. The van der Waals surface area contributed by atoms with Gasteiger partial charge in [0.05, 0.1) is 44.4 Å². The Bertz CT molecular complexity index is 1060. The van der Waals surface area contributed by atoms with Crippen molar-refractivity contribution in [3.63, 3.8) is 0 Å². The highest BCUT2D eigenvalue weighted by molar-refractivity contribution is 6.13. The predicted octanol–water partition coefficient (Wildman–Crippen LogP) is 3.58. The number of para-hydroxylation sites is 1. The molecule has 0 saturated heterocycles. The van der Waals surface area contributed by atoms with Crippen molar-refractivity contribution < 1.29 is 24.3 Å². The van der Waals surface area contributed by atoms with Crippen LogP contribution < -0.4 is 14.8 Å². The van der Waals surface area contributed by atoms with E-state index in [0.717, 1.165) is 5.39 Å². The van der Waals surface area contributed by atoms with Crippen molar-refractivity contribution in [3.8, 4) is 11.5 Å². The van der Waals surface area contributed by atoms with Gasteiger partial charge in [0.15, 0.2) is 0 Å². The van der Waals surface area contributed by atoms with Gasteiger partial charge in [-0.05, 0) is 6.07 Å². The normalized spacial score (nSPS) is 11.6. The molecule has 0 fully saturated rings. The Morgan fingerprint density at radius 1 is 1.21 bits per heavy atom. The molecule has 0 spiro atoms. The number of fused-ring (bicyclic) bond motifs is 2. The van der Waals surface area contributed by atoms with Crippen LogP contribution in [0.4, 0.5) is 11.4 Å². The van der Waals surface area contributed by atoms with Gasteiger partial charge in [0, 0.05) is 24.4 Å². The molecule has 1 aromatic heterocycles. The van der Waals surface area contributed by atoms with Gasteiger partial charge >= 0.3 is 5.69 Å². The molecule has 2 aromatic carbocycles. The minimum Gasteiger partial charge on any atom is -0.494 e. The van der Waals surface area contributed by atoms with Crippen LogP contribution in [0.3, 0.4) is 0 Å². The highest BCUT2D eigenvalue weighted by atomic mass is 16.6. The van der Waals surface area contributed by atoms with Gasteiger partial charge in [0.2, 0.25) is 5.75 Å². The number of methoxy groups -OCH3 is 2. The number of nitrogens with one attached hydrogen (secondary N) is 1. The van der Waals surface area contributed by atoms with Gasteiger partial charge in [-0.25, -0.2) is 10.2 Å². The lowest BCUT2D eigenvalue weighted by Gasteiger charge is -2.20. The maximum Gasteiger partial charge on any atom is 0.322 e. The number of quaternary nitrogens is 1. The molecule has 0 aliphatic rings. The Hall–Kier alpha value is -3.17. The van der Waals surface area contributed by atoms with Crippen molar-refractivity contribution in [1.29, 1.82) is 0 Å². The fourth-order valence-electron chi connectivity index (χ4n) is 3.36. The number of aromatic nitrogens is 1. The largest absolute Gasteiger partial charge is 0.494 e. The second-order valence-electron chi connectivity index (χ2n) is 7.24. The molecule has 0 radical (unpaired) electrons. The Kier molecular flexibility index (Phi) is 5.71. The topological polar surface area (TPSA) is 107 Å². The number of nitro benzene ring substituents is 1. The summed E-state index contributed by atoms with van der Waals surface area (Å²) in [6.07, 6.45) is 0.663. The lowest BCUT2D eigenvalue weighted by atomic mass is 10.0. The van der Waals surface area contributed by atoms with E-state index in [9.17, 15) is 15.3 Å². The molecule has 2 N–H and O–H groups in total. The third-order valence-electron chi connectivity index (χ3n) is 4.66. The molecule has 3 aromatic rings. The van der Waals surface area contributed by atoms with Gasteiger partial charge in [0.25, 0.3) is 0 Å². The summed E-state index contributed by atoms with van der Waals surface area (Å²) < 4.78 is 10.6. The van der Waals surface area contributed by atoms with Crippen molar-refractivity contribution in [2.75, 3.05) is 46.7 Å². The number of pyridine rings is 1.